The Balaban J connectivity index is 1.44. The molecular formula is C22H15N5O2S. The van der Waals surface area contributed by atoms with Crippen LogP contribution >= 0.6 is 11.8 Å². The summed E-state index contributed by atoms with van der Waals surface area (Å²) in [5, 5.41) is 4.12. The number of amides is 1. The molecule has 3 heterocycles. The summed E-state index contributed by atoms with van der Waals surface area (Å²) in [7, 11) is 0. The van der Waals surface area contributed by atoms with Gasteiger partial charge in [-0.25, -0.2) is 4.98 Å². The zero-order valence-electron chi connectivity index (χ0n) is 15.7. The van der Waals surface area contributed by atoms with Crippen molar-refractivity contribution < 1.29 is 9.32 Å². The number of nitrogens with zero attached hydrogens (tertiary/aromatic N) is 5. The first kappa shape index (κ1) is 17.3. The van der Waals surface area contributed by atoms with E-state index in [4.69, 9.17) is 4.52 Å². The first-order chi connectivity index (χ1) is 14.8. The fraction of sp³-hybridized carbons (Fsp3) is 0.136. The second-order valence-electron chi connectivity index (χ2n) is 7.20. The first-order valence-electron chi connectivity index (χ1n) is 9.63. The molecule has 0 unspecified atom stereocenters. The molecule has 0 radical (unpaired) electrons. The summed E-state index contributed by atoms with van der Waals surface area (Å²) in [6.07, 6.45) is 6.83. The van der Waals surface area contributed by atoms with Crippen molar-refractivity contribution in [1.29, 1.82) is 0 Å². The molecule has 0 N–H and O–H groups in total. The van der Waals surface area contributed by atoms with Crippen molar-refractivity contribution in [2.24, 2.45) is 0 Å². The Hall–Kier alpha value is -3.52. The summed E-state index contributed by atoms with van der Waals surface area (Å²) in [4.78, 5) is 29.9. The van der Waals surface area contributed by atoms with Gasteiger partial charge in [-0.05, 0) is 43.2 Å². The average Bonchev–Trinajstić information content (AvgIpc) is 3.51. The Kier molecular flexibility index (Phi) is 3.92. The number of rotatable bonds is 3. The second-order valence-corrected chi connectivity index (χ2v) is 8.28. The van der Waals surface area contributed by atoms with Crippen molar-refractivity contribution in [3.63, 3.8) is 0 Å². The molecule has 0 bridgehead atoms. The van der Waals surface area contributed by atoms with Crippen LogP contribution in [0.1, 0.15) is 23.2 Å². The van der Waals surface area contributed by atoms with Crippen molar-refractivity contribution in [3.05, 3.63) is 66.6 Å². The van der Waals surface area contributed by atoms with E-state index in [1.165, 1.54) is 0 Å². The fourth-order valence-corrected chi connectivity index (χ4v) is 4.68. The summed E-state index contributed by atoms with van der Waals surface area (Å²) < 4.78 is 5.38. The minimum Gasteiger partial charge on any atom is -0.332 e. The van der Waals surface area contributed by atoms with E-state index >= 15 is 0 Å². The maximum atomic E-state index is 13.3. The summed E-state index contributed by atoms with van der Waals surface area (Å²) in [5.41, 5.74) is 3.03. The number of carbonyl (C=O) groups is 1. The molecule has 0 spiro atoms. The number of fused-ring (bicyclic) bond motifs is 2. The molecule has 1 fully saturated rings. The predicted molar refractivity (Wildman–Crippen MR) is 111 cm³/mol. The standard InChI is InChI=1S/C22H15N5O2S/c28-22-15-3-1-2-4-18(15)30-19-11-13(5-8-17(19)27(22)14-6-7-14)20-25-21(29-26-20)16-12-23-9-10-24-16/h1-5,8-12,14H,6-7H2. The lowest BCUT2D eigenvalue weighted by Crippen LogP contribution is -2.32. The molecule has 8 heteroatoms. The number of hydrogen-bond donors (Lipinski definition) is 0. The molecule has 2 aliphatic rings. The largest absolute Gasteiger partial charge is 0.332 e. The number of aromatic nitrogens is 4. The van der Waals surface area contributed by atoms with Crippen LogP contribution < -0.4 is 4.90 Å². The van der Waals surface area contributed by atoms with E-state index in [0.29, 0.717) is 17.4 Å². The maximum Gasteiger partial charge on any atom is 0.278 e. The molecule has 0 saturated heterocycles. The van der Waals surface area contributed by atoms with E-state index in [-0.39, 0.29) is 11.9 Å². The maximum absolute atomic E-state index is 13.3. The molecule has 2 aromatic carbocycles. The third kappa shape index (κ3) is 2.88. The molecule has 1 saturated carbocycles. The fourth-order valence-electron chi connectivity index (χ4n) is 3.57. The number of carbonyl (C=O) groups excluding carboxylic acids is 1. The average molecular weight is 413 g/mol. The predicted octanol–water partition coefficient (Wildman–Crippen LogP) is 4.47. The zero-order valence-corrected chi connectivity index (χ0v) is 16.5. The van der Waals surface area contributed by atoms with Crippen LogP contribution in [0, 0.1) is 0 Å². The Labute approximate surface area is 176 Å². The molecule has 1 amide bonds. The molecule has 6 rings (SSSR count). The molecule has 2 aromatic heterocycles. The van der Waals surface area contributed by atoms with E-state index in [1.807, 2.05) is 47.4 Å². The van der Waals surface area contributed by atoms with Gasteiger partial charge in [0.2, 0.25) is 5.82 Å². The molecule has 7 nitrogen and oxygen atoms in total. The third-order valence-electron chi connectivity index (χ3n) is 5.15. The molecule has 1 aliphatic carbocycles. The lowest BCUT2D eigenvalue weighted by Gasteiger charge is -2.22. The molecule has 4 aromatic rings. The highest BCUT2D eigenvalue weighted by atomic mass is 32.2. The summed E-state index contributed by atoms with van der Waals surface area (Å²) in [6.45, 7) is 0. The summed E-state index contributed by atoms with van der Waals surface area (Å²) in [5.74, 6) is 0.860. The van der Waals surface area contributed by atoms with Crippen molar-refractivity contribution in [1.82, 2.24) is 20.1 Å². The van der Waals surface area contributed by atoms with E-state index in [2.05, 4.69) is 20.1 Å². The van der Waals surface area contributed by atoms with E-state index in [0.717, 1.165) is 39.4 Å². The van der Waals surface area contributed by atoms with Crippen LogP contribution in [-0.2, 0) is 0 Å². The van der Waals surface area contributed by atoms with Gasteiger partial charge >= 0.3 is 0 Å². The van der Waals surface area contributed by atoms with Gasteiger partial charge in [-0.1, -0.05) is 29.1 Å². The smallest absolute Gasteiger partial charge is 0.278 e. The number of anilines is 1. The highest BCUT2D eigenvalue weighted by molar-refractivity contribution is 7.99. The minimum atomic E-state index is 0.0663. The van der Waals surface area contributed by atoms with Crippen LogP contribution in [0.15, 0.2) is 75.4 Å². The topological polar surface area (TPSA) is 85.0 Å². The molecule has 0 atom stereocenters. The van der Waals surface area contributed by atoms with Crippen molar-refractivity contribution in [3.8, 4) is 23.0 Å². The monoisotopic (exact) mass is 413 g/mol. The highest BCUT2D eigenvalue weighted by Crippen LogP contribution is 2.46. The van der Waals surface area contributed by atoms with Crippen LogP contribution in [0.3, 0.4) is 0 Å². The van der Waals surface area contributed by atoms with Gasteiger partial charge in [0.05, 0.1) is 17.4 Å². The normalized spacial score (nSPS) is 15.5. The SMILES string of the molecule is O=C1c2ccccc2Sc2cc(-c3noc(-c4cnccn4)n3)ccc2N1C1CC1. The Bertz CT molecular complexity index is 1270. The highest BCUT2D eigenvalue weighted by Gasteiger charge is 2.38. The number of benzene rings is 2. The van der Waals surface area contributed by atoms with Crippen molar-refractivity contribution in [2.45, 2.75) is 28.7 Å². The van der Waals surface area contributed by atoms with Gasteiger partial charge < -0.3 is 9.42 Å². The van der Waals surface area contributed by atoms with E-state index < -0.39 is 0 Å². The van der Waals surface area contributed by atoms with Gasteiger partial charge in [0, 0.05) is 33.8 Å². The van der Waals surface area contributed by atoms with Crippen molar-refractivity contribution in [2.75, 3.05) is 4.90 Å². The Morgan fingerprint density at radius 3 is 2.80 bits per heavy atom. The van der Waals surface area contributed by atoms with Crippen LogP contribution in [0.4, 0.5) is 5.69 Å². The lowest BCUT2D eigenvalue weighted by atomic mass is 10.1. The van der Waals surface area contributed by atoms with Crippen LogP contribution in [0.5, 0.6) is 0 Å². The zero-order chi connectivity index (χ0) is 20.1. The second kappa shape index (κ2) is 6.77. The quantitative estimate of drug-likeness (QED) is 0.490. The van der Waals surface area contributed by atoms with Crippen LogP contribution in [-0.4, -0.2) is 32.1 Å². The Morgan fingerprint density at radius 1 is 1.07 bits per heavy atom. The van der Waals surface area contributed by atoms with E-state index in [1.54, 1.807) is 30.4 Å². The van der Waals surface area contributed by atoms with Gasteiger partial charge in [-0.15, -0.1) is 0 Å². The Morgan fingerprint density at radius 2 is 1.97 bits per heavy atom. The van der Waals surface area contributed by atoms with Crippen LogP contribution in [0.2, 0.25) is 0 Å². The lowest BCUT2D eigenvalue weighted by molar-refractivity contribution is 0.0982. The molecule has 30 heavy (non-hydrogen) atoms. The molecule has 1 aliphatic heterocycles. The van der Waals surface area contributed by atoms with Gasteiger partial charge in [0.25, 0.3) is 11.8 Å². The summed E-state index contributed by atoms with van der Waals surface area (Å²) in [6, 6.07) is 14.0. The molecular weight excluding hydrogens is 398 g/mol. The van der Waals surface area contributed by atoms with Gasteiger partial charge in [-0.2, -0.15) is 4.98 Å². The van der Waals surface area contributed by atoms with Crippen LogP contribution in [0.25, 0.3) is 23.0 Å². The third-order valence-corrected chi connectivity index (χ3v) is 6.28. The summed E-state index contributed by atoms with van der Waals surface area (Å²) >= 11 is 1.60. The number of hydrogen-bond acceptors (Lipinski definition) is 7. The molecule has 146 valence electrons. The first-order valence-corrected chi connectivity index (χ1v) is 10.4. The van der Waals surface area contributed by atoms with Gasteiger partial charge in [0.1, 0.15) is 5.69 Å². The van der Waals surface area contributed by atoms with Gasteiger partial charge in [-0.3, -0.25) is 9.78 Å². The van der Waals surface area contributed by atoms with Gasteiger partial charge in [0.15, 0.2) is 0 Å². The van der Waals surface area contributed by atoms with Crippen molar-refractivity contribution >= 4 is 23.4 Å². The minimum absolute atomic E-state index is 0.0663. The van der Waals surface area contributed by atoms with E-state index in [9.17, 15) is 4.79 Å².